The molecule has 0 aliphatic heterocycles. The summed E-state index contributed by atoms with van der Waals surface area (Å²) in [6.07, 6.45) is 10.7. The van der Waals surface area contributed by atoms with E-state index in [4.69, 9.17) is 9.51 Å². The van der Waals surface area contributed by atoms with Crippen LogP contribution < -0.4 is 5.32 Å². The van der Waals surface area contributed by atoms with E-state index in [0.717, 1.165) is 51.3 Å². The van der Waals surface area contributed by atoms with E-state index in [1.54, 1.807) is 0 Å². The average molecular weight is 457 g/mol. The highest BCUT2D eigenvalue weighted by Crippen LogP contribution is 2.35. The Morgan fingerprint density at radius 2 is 1.88 bits per heavy atom. The third kappa shape index (κ3) is 4.25. The SMILES string of the molecule is CCNC(=O)c1ccc(-c2cn(CC3CCCCC3)c3cc(-c4c(C)noc4C)cnc23)cc1. The number of fused-ring (bicyclic) bond motifs is 1. The Kier molecular flexibility index (Phi) is 6.22. The second-order valence-corrected chi connectivity index (χ2v) is 9.43. The van der Waals surface area contributed by atoms with Gasteiger partial charge in [0.05, 0.1) is 16.7 Å². The van der Waals surface area contributed by atoms with Crippen LogP contribution in [0.5, 0.6) is 0 Å². The molecule has 6 heteroatoms. The molecule has 3 aromatic heterocycles. The van der Waals surface area contributed by atoms with Gasteiger partial charge in [0.25, 0.3) is 5.91 Å². The number of benzene rings is 1. The van der Waals surface area contributed by atoms with Crippen molar-refractivity contribution < 1.29 is 9.32 Å². The Morgan fingerprint density at radius 1 is 1.12 bits per heavy atom. The fraction of sp³-hybridized carbons (Fsp3) is 0.393. The summed E-state index contributed by atoms with van der Waals surface area (Å²) in [5, 5.41) is 7.00. The highest BCUT2D eigenvalue weighted by atomic mass is 16.5. The predicted molar refractivity (Wildman–Crippen MR) is 135 cm³/mol. The van der Waals surface area contributed by atoms with Crippen molar-refractivity contribution in [3.05, 3.63) is 59.7 Å². The molecular formula is C28H32N4O2. The minimum absolute atomic E-state index is 0.0454. The van der Waals surface area contributed by atoms with Gasteiger partial charge < -0.3 is 14.4 Å². The number of pyridine rings is 1. The lowest BCUT2D eigenvalue weighted by molar-refractivity contribution is 0.0956. The van der Waals surface area contributed by atoms with Gasteiger partial charge in [-0.1, -0.05) is 36.6 Å². The normalized spacial score (nSPS) is 14.6. The molecule has 1 aliphatic carbocycles. The minimum Gasteiger partial charge on any atom is -0.361 e. The van der Waals surface area contributed by atoms with Crippen LogP contribution in [0.3, 0.4) is 0 Å². The van der Waals surface area contributed by atoms with Crippen molar-refractivity contribution in [2.24, 2.45) is 5.92 Å². The predicted octanol–water partition coefficient (Wildman–Crippen LogP) is 6.31. The van der Waals surface area contributed by atoms with Crippen LogP contribution in [0.1, 0.15) is 60.8 Å². The molecule has 6 nitrogen and oxygen atoms in total. The molecule has 1 fully saturated rings. The van der Waals surface area contributed by atoms with Gasteiger partial charge in [-0.2, -0.15) is 0 Å². The van der Waals surface area contributed by atoms with E-state index in [1.807, 2.05) is 51.2 Å². The first-order valence-electron chi connectivity index (χ1n) is 12.4. The third-order valence-electron chi connectivity index (χ3n) is 7.01. The maximum absolute atomic E-state index is 12.2. The average Bonchev–Trinajstić information content (AvgIpc) is 3.38. The van der Waals surface area contributed by atoms with Crippen LogP contribution in [-0.2, 0) is 6.54 Å². The molecule has 1 saturated carbocycles. The molecular weight excluding hydrogens is 424 g/mol. The van der Waals surface area contributed by atoms with Gasteiger partial charge in [-0.25, -0.2) is 0 Å². The molecule has 0 saturated heterocycles. The van der Waals surface area contributed by atoms with Crippen LogP contribution in [0.15, 0.2) is 47.2 Å². The van der Waals surface area contributed by atoms with Gasteiger partial charge in [0, 0.05) is 47.7 Å². The van der Waals surface area contributed by atoms with Crippen molar-refractivity contribution in [2.45, 2.75) is 59.4 Å². The van der Waals surface area contributed by atoms with Gasteiger partial charge in [0.1, 0.15) is 5.76 Å². The molecule has 4 aromatic rings. The molecule has 0 spiro atoms. The lowest BCUT2D eigenvalue weighted by Gasteiger charge is -2.22. The van der Waals surface area contributed by atoms with E-state index in [0.29, 0.717) is 18.0 Å². The second-order valence-electron chi connectivity index (χ2n) is 9.43. The lowest BCUT2D eigenvalue weighted by atomic mass is 9.89. The standard InChI is InChI=1S/C28H32N4O2/c1-4-29-28(33)22-12-10-21(11-13-22)24-17-32(16-20-8-6-5-7-9-20)25-14-23(15-30-27(24)25)26-18(2)31-34-19(26)3/h10-15,17,20H,4-9,16H2,1-3H3,(H,29,33). The van der Waals surface area contributed by atoms with Gasteiger partial charge in [0.2, 0.25) is 0 Å². The quantitative estimate of drug-likeness (QED) is 0.369. The zero-order valence-electron chi connectivity index (χ0n) is 20.2. The third-order valence-corrected chi connectivity index (χ3v) is 7.01. The van der Waals surface area contributed by atoms with Crippen molar-refractivity contribution in [3.8, 4) is 22.3 Å². The van der Waals surface area contributed by atoms with E-state index in [2.05, 4.69) is 27.3 Å². The summed E-state index contributed by atoms with van der Waals surface area (Å²) in [6, 6.07) is 10.1. The number of aromatic nitrogens is 3. The van der Waals surface area contributed by atoms with Gasteiger partial charge >= 0.3 is 0 Å². The molecule has 1 aromatic carbocycles. The Balaban J connectivity index is 1.58. The number of amides is 1. The molecule has 34 heavy (non-hydrogen) atoms. The van der Waals surface area contributed by atoms with Crippen molar-refractivity contribution in [2.75, 3.05) is 6.54 Å². The van der Waals surface area contributed by atoms with Gasteiger partial charge in [-0.15, -0.1) is 0 Å². The molecule has 0 unspecified atom stereocenters. The number of nitrogens with zero attached hydrogens (tertiary/aromatic N) is 3. The summed E-state index contributed by atoms with van der Waals surface area (Å²) < 4.78 is 7.80. The van der Waals surface area contributed by atoms with Crippen LogP contribution in [0.2, 0.25) is 0 Å². The molecule has 5 rings (SSSR count). The Labute approximate surface area is 200 Å². The number of nitrogens with one attached hydrogen (secondary N) is 1. The minimum atomic E-state index is -0.0454. The number of carbonyl (C=O) groups is 1. The first kappa shape index (κ1) is 22.4. The fourth-order valence-electron chi connectivity index (χ4n) is 5.27. The van der Waals surface area contributed by atoms with Gasteiger partial charge in [0.15, 0.2) is 0 Å². The van der Waals surface area contributed by atoms with E-state index in [1.165, 1.54) is 32.1 Å². The van der Waals surface area contributed by atoms with E-state index in [9.17, 15) is 4.79 Å². The summed E-state index contributed by atoms with van der Waals surface area (Å²) in [4.78, 5) is 17.1. The van der Waals surface area contributed by atoms with Crippen molar-refractivity contribution in [3.63, 3.8) is 0 Å². The summed E-state index contributed by atoms with van der Waals surface area (Å²) in [5.41, 5.74) is 7.88. The smallest absolute Gasteiger partial charge is 0.251 e. The maximum Gasteiger partial charge on any atom is 0.251 e. The monoisotopic (exact) mass is 456 g/mol. The molecule has 3 heterocycles. The number of rotatable bonds is 6. The summed E-state index contributed by atoms with van der Waals surface area (Å²) in [5.74, 6) is 1.46. The molecule has 176 valence electrons. The zero-order chi connectivity index (χ0) is 23.7. The Hall–Kier alpha value is -3.41. The Bertz CT molecular complexity index is 1290. The topological polar surface area (TPSA) is 73.0 Å². The van der Waals surface area contributed by atoms with E-state index < -0.39 is 0 Å². The summed E-state index contributed by atoms with van der Waals surface area (Å²) >= 11 is 0. The Morgan fingerprint density at radius 3 is 2.56 bits per heavy atom. The van der Waals surface area contributed by atoms with Crippen molar-refractivity contribution in [1.82, 2.24) is 20.0 Å². The summed E-state index contributed by atoms with van der Waals surface area (Å²) in [6.45, 7) is 7.46. The molecule has 1 aliphatic rings. The van der Waals surface area contributed by atoms with Crippen LogP contribution >= 0.6 is 0 Å². The fourth-order valence-corrected chi connectivity index (χ4v) is 5.27. The molecule has 1 amide bonds. The molecule has 0 atom stereocenters. The lowest BCUT2D eigenvalue weighted by Crippen LogP contribution is -2.22. The zero-order valence-corrected chi connectivity index (χ0v) is 20.2. The highest BCUT2D eigenvalue weighted by molar-refractivity contribution is 5.97. The van der Waals surface area contributed by atoms with E-state index in [-0.39, 0.29) is 5.91 Å². The number of hydrogen-bond acceptors (Lipinski definition) is 4. The first-order chi connectivity index (χ1) is 16.5. The molecule has 0 bridgehead atoms. The highest BCUT2D eigenvalue weighted by Gasteiger charge is 2.20. The second kappa shape index (κ2) is 9.45. The number of aryl methyl sites for hydroxylation is 2. The summed E-state index contributed by atoms with van der Waals surface area (Å²) in [7, 11) is 0. The maximum atomic E-state index is 12.2. The van der Waals surface area contributed by atoms with Crippen LogP contribution in [0.25, 0.3) is 33.3 Å². The number of hydrogen-bond donors (Lipinski definition) is 1. The van der Waals surface area contributed by atoms with Crippen molar-refractivity contribution >= 4 is 16.9 Å². The molecule has 0 radical (unpaired) electrons. The van der Waals surface area contributed by atoms with Gasteiger partial charge in [-0.3, -0.25) is 9.78 Å². The molecule has 1 N–H and O–H groups in total. The van der Waals surface area contributed by atoms with Crippen LogP contribution in [0.4, 0.5) is 0 Å². The van der Waals surface area contributed by atoms with Crippen molar-refractivity contribution in [1.29, 1.82) is 0 Å². The van der Waals surface area contributed by atoms with E-state index >= 15 is 0 Å². The number of carbonyl (C=O) groups excluding carboxylic acids is 1. The van der Waals surface area contributed by atoms with Crippen LogP contribution in [0, 0.1) is 19.8 Å². The van der Waals surface area contributed by atoms with Crippen LogP contribution in [-0.4, -0.2) is 27.2 Å². The first-order valence-corrected chi connectivity index (χ1v) is 12.4. The van der Waals surface area contributed by atoms with Gasteiger partial charge in [-0.05, 0) is 63.3 Å². The largest absolute Gasteiger partial charge is 0.361 e.